The van der Waals surface area contributed by atoms with Gasteiger partial charge in [0.2, 0.25) is 0 Å². The van der Waals surface area contributed by atoms with Gasteiger partial charge in [0.25, 0.3) is 5.91 Å². The maximum atomic E-state index is 13.4. The number of aromatic nitrogens is 1. The van der Waals surface area contributed by atoms with Crippen LogP contribution >= 0.6 is 0 Å². The summed E-state index contributed by atoms with van der Waals surface area (Å²) in [5.41, 5.74) is 2.89. The highest BCUT2D eigenvalue weighted by Gasteiger charge is 2.28. The van der Waals surface area contributed by atoms with E-state index in [9.17, 15) is 14.7 Å². The first-order chi connectivity index (χ1) is 13.6. The number of carbonyl (C=O) groups is 2. The summed E-state index contributed by atoms with van der Waals surface area (Å²) in [7, 11) is 0. The molecule has 0 saturated carbocycles. The molecule has 1 saturated heterocycles. The molecule has 2 heterocycles. The van der Waals surface area contributed by atoms with Gasteiger partial charge in [-0.25, -0.2) is 4.98 Å². The van der Waals surface area contributed by atoms with Crippen molar-refractivity contribution in [3.8, 4) is 11.3 Å². The van der Waals surface area contributed by atoms with E-state index in [1.54, 1.807) is 11.0 Å². The molecule has 28 heavy (non-hydrogen) atoms. The number of aliphatic carboxylic acids is 1. The molecular weight excluding hydrogens is 356 g/mol. The van der Waals surface area contributed by atoms with E-state index in [4.69, 9.17) is 9.72 Å². The number of carboxylic acids is 1. The SMILES string of the molecule is O=C(O)C1COCCN(C(=O)c2cc(-c3ccccc3)nc3ccccc23)C1. The molecule has 1 aromatic heterocycles. The van der Waals surface area contributed by atoms with Crippen LogP contribution in [-0.4, -0.2) is 53.2 Å². The second kappa shape index (κ2) is 7.78. The summed E-state index contributed by atoms with van der Waals surface area (Å²) in [4.78, 5) is 31.1. The minimum absolute atomic E-state index is 0.117. The van der Waals surface area contributed by atoms with E-state index in [2.05, 4.69) is 0 Å². The van der Waals surface area contributed by atoms with Crippen molar-refractivity contribution < 1.29 is 19.4 Å². The summed E-state index contributed by atoms with van der Waals surface area (Å²) in [5.74, 6) is -1.88. The average Bonchev–Trinajstić information content (AvgIpc) is 3.00. The molecule has 1 fully saturated rings. The number of rotatable bonds is 3. The Morgan fingerprint density at radius 2 is 1.82 bits per heavy atom. The summed E-state index contributed by atoms with van der Waals surface area (Å²) < 4.78 is 5.38. The first kappa shape index (κ1) is 18.1. The Kier molecular flexibility index (Phi) is 5.04. The predicted molar refractivity (Wildman–Crippen MR) is 105 cm³/mol. The van der Waals surface area contributed by atoms with Crippen LogP contribution in [0.1, 0.15) is 10.4 Å². The number of benzene rings is 2. The topological polar surface area (TPSA) is 79.7 Å². The zero-order valence-corrected chi connectivity index (χ0v) is 15.2. The summed E-state index contributed by atoms with van der Waals surface area (Å²) in [6, 6.07) is 19.0. The van der Waals surface area contributed by atoms with Crippen molar-refractivity contribution in [3.05, 3.63) is 66.2 Å². The average molecular weight is 376 g/mol. The van der Waals surface area contributed by atoms with Crippen LogP contribution < -0.4 is 0 Å². The van der Waals surface area contributed by atoms with Crippen molar-refractivity contribution in [2.75, 3.05) is 26.3 Å². The van der Waals surface area contributed by atoms with Crippen molar-refractivity contribution in [2.24, 2.45) is 5.92 Å². The molecule has 4 rings (SSSR count). The van der Waals surface area contributed by atoms with Crippen LogP contribution in [-0.2, 0) is 9.53 Å². The molecule has 6 nitrogen and oxygen atoms in total. The largest absolute Gasteiger partial charge is 0.481 e. The number of para-hydroxylation sites is 1. The molecule has 0 radical (unpaired) electrons. The number of nitrogens with zero attached hydrogens (tertiary/aromatic N) is 2. The number of fused-ring (bicyclic) bond motifs is 1. The minimum Gasteiger partial charge on any atom is -0.481 e. The van der Waals surface area contributed by atoms with Crippen LogP contribution in [0.25, 0.3) is 22.2 Å². The Hall–Kier alpha value is -3.25. The zero-order chi connectivity index (χ0) is 19.5. The molecule has 3 aromatic rings. The number of pyridine rings is 1. The zero-order valence-electron chi connectivity index (χ0n) is 15.2. The van der Waals surface area contributed by atoms with Gasteiger partial charge in [-0.1, -0.05) is 48.5 Å². The Balaban J connectivity index is 1.78. The second-order valence-corrected chi connectivity index (χ2v) is 6.80. The first-order valence-electron chi connectivity index (χ1n) is 9.18. The quantitative estimate of drug-likeness (QED) is 0.760. The number of ether oxygens (including phenoxy) is 1. The fourth-order valence-electron chi connectivity index (χ4n) is 3.42. The summed E-state index contributed by atoms with van der Waals surface area (Å²) in [6.07, 6.45) is 0. The minimum atomic E-state index is -0.954. The second-order valence-electron chi connectivity index (χ2n) is 6.80. The van der Waals surface area contributed by atoms with Crippen LogP contribution in [0.3, 0.4) is 0 Å². The van der Waals surface area contributed by atoms with Gasteiger partial charge in [-0.2, -0.15) is 0 Å². The van der Waals surface area contributed by atoms with Crippen LogP contribution in [0.4, 0.5) is 0 Å². The van der Waals surface area contributed by atoms with Crippen LogP contribution in [0, 0.1) is 5.92 Å². The maximum absolute atomic E-state index is 13.4. The van der Waals surface area contributed by atoms with Crippen LogP contribution in [0.2, 0.25) is 0 Å². The standard InChI is InChI=1S/C22H20N2O4/c25-21(24-10-11-28-14-16(13-24)22(26)27)18-12-20(15-6-2-1-3-7-15)23-19-9-5-4-8-17(18)19/h1-9,12,16H,10-11,13-14H2,(H,26,27). The van der Waals surface area contributed by atoms with E-state index in [0.29, 0.717) is 24.4 Å². The summed E-state index contributed by atoms with van der Waals surface area (Å²) in [5, 5.41) is 10.1. The molecule has 1 atom stereocenters. The van der Waals surface area contributed by atoms with Gasteiger partial charge in [-0.3, -0.25) is 9.59 Å². The van der Waals surface area contributed by atoms with E-state index >= 15 is 0 Å². The van der Waals surface area contributed by atoms with E-state index in [1.165, 1.54) is 0 Å². The van der Waals surface area contributed by atoms with Crippen molar-refractivity contribution in [1.82, 2.24) is 9.88 Å². The Morgan fingerprint density at radius 3 is 2.61 bits per heavy atom. The number of carboxylic acid groups (broad SMARTS) is 1. The highest BCUT2D eigenvalue weighted by atomic mass is 16.5. The fraction of sp³-hybridized carbons (Fsp3) is 0.227. The van der Waals surface area contributed by atoms with Gasteiger partial charge in [0.15, 0.2) is 0 Å². The summed E-state index contributed by atoms with van der Waals surface area (Å²) in [6.45, 7) is 0.932. The lowest BCUT2D eigenvalue weighted by Crippen LogP contribution is -2.38. The van der Waals surface area contributed by atoms with Gasteiger partial charge < -0.3 is 14.7 Å². The molecule has 1 amide bonds. The number of hydrogen-bond donors (Lipinski definition) is 1. The lowest BCUT2D eigenvalue weighted by Gasteiger charge is -2.23. The van der Waals surface area contributed by atoms with E-state index in [0.717, 1.165) is 16.5 Å². The number of amides is 1. The van der Waals surface area contributed by atoms with E-state index in [1.807, 2.05) is 54.6 Å². The Morgan fingerprint density at radius 1 is 1.07 bits per heavy atom. The van der Waals surface area contributed by atoms with Gasteiger partial charge in [0.1, 0.15) is 0 Å². The highest BCUT2D eigenvalue weighted by Crippen LogP contribution is 2.26. The monoisotopic (exact) mass is 376 g/mol. The van der Waals surface area contributed by atoms with Gasteiger partial charge in [-0.15, -0.1) is 0 Å². The molecule has 1 N–H and O–H groups in total. The molecule has 142 valence electrons. The third-order valence-electron chi connectivity index (χ3n) is 4.92. The van der Waals surface area contributed by atoms with Crippen LogP contribution in [0.15, 0.2) is 60.7 Å². The van der Waals surface area contributed by atoms with Crippen molar-refractivity contribution in [2.45, 2.75) is 0 Å². The van der Waals surface area contributed by atoms with E-state index in [-0.39, 0.29) is 19.1 Å². The summed E-state index contributed by atoms with van der Waals surface area (Å²) >= 11 is 0. The molecule has 0 aliphatic carbocycles. The molecule has 1 aliphatic rings. The molecular formula is C22H20N2O4. The van der Waals surface area contributed by atoms with Crippen LogP contribution in [0.5, 0.6) is 0 Å². The highest BCUT2D eigenvalue weighted by molar-refractivity contribution is 6.07. The molecule has 1 unspecified atom stereocenters. The number of carbonyl (C=O) groups excluding carboxylic acids is 1. The van der Waals surface area contributed by atoms with Gasteiger partial charge in [0.05, 0.1) is 35.9 Å². The van der Waals surface area contributed by atoms with Gasteiger partial charge in [-0.05, 0) is 12.1 Å². The Bertz CT molecular complexity index is 1020. The first-order valence-corrected chi connectivity index (χ1v) is 9.18. The lowest BCUT2D eigenvalue weighted by atomic mass is 10.0. The molecule has 0 spiro atoms. The molecule has 6 heteroatoms. The fourth-order valence-corrected chi connectivity index (χ4v) is 3.42. The van der Waals surface area contributed by atoms with Gasteiger partial charge >= 0.3 is 5.97 Å². The third kappa shape index (κ3) is 3.59. The van der Waals surface area contributed by atoms with Crippen molar-refractivity contribution >= 4 is 22.8 Å². The normalized spacial score (nSPS) is 17.3. The van der Waals surface area contributed by atoms with Crippen molar-refractivity contribution in [3.63, 3.8) is 0 Å². The predicted octanol–water partition coefficient (Wildman–Crippen LogP) is 3.08. The molecule has 1 aliphatic heterocycles. The molecule has 0 bridgehead atoms. The molecule has 2 aromatic carbocycles. The van der Waals surface area contributed by atoms with Crippen molar-refractivity contribution in [1.29, 1.82) is 0 Å². The van der Waals surface area contributed by atoms with Gasteiger partial charge in [0, 0.05) is 24.0 Å². The maximum Gasteiger partial charge on any atom is 0.310 e. The third-order valence-corrected chi connectivity index (χ3v) is 4.92. The van der Waals surface area contributed by atoms with E-state index < -0.39 is 11.9 Å². The number of hydrogen-bond acceptors (Lipinski definition) is 4. The Labute approximate surface area is 162 Å². The lowest BCUT2D eigenvalue weighted by molar-refractivity contribution is -0.143. The smallest absolute Gasteiger partial charge is 0.310 e.